The van der Waals surface area contributed by atoms with Gasteiger partial charge in [-0.2, -0.15) is 0 Å². The molecule has 2 heterocycles. The van der Waals surface area contributed by atoms with Crippen molar-refractivity contribution < 1.29 is 9.90 Å². The van der Waals surface area contributed by atoms with Crippen molar-refractivity contribution in [2.24, 2.45) is 0 Å². The molecule has 0 aromatic heterocycles. The first-order valence-corrected chi connectivity index (χ1v) is 6.35. The highest BCUT2D eigenvalue weighted by Crippen LogP contribution is 2.26. The molecular weight excluding hydrogens is 204 g/mol. The van der Waals surface area contributed by atoms with Crippen LogP contribution in [0.2, 0.25) is 0 Å². The van der Waals surface area contributed by atoms with Crippen LogP contribution in [-0.4, -0.2) is 59.6 Å². The van der Waals surface area contributed by atoms with Crippen molar-refractivity contribution in [3.8, 4) is 0 Å². The second kappa shape index (κ2) is 5.15. The highest BCUT2D eigenvalue weighted by molar-refractivity contribution is 5.83. The lowest BCUT2D eigenvalue weighted by Gasteiger charge is -2.38. The Morgan fingerprint density at radius 1 is 1.31 bits per heavy atom. The number of likely N-dealkylation sites (tertiary alicyclic amines) is 2. The molecule has 2 saturated heterocycles. The van der Waals surface area contributed by atoms with E-state index in [0.29, 0.717) is 6.04 Å². The van der Waals surface area contributed by atoms with Crippen molar-refractivity contribution >= 4 is 5.91 Å². The molecule has 2 rings (SSSR count). The molecule has 2 aliphatic rings. The first-order valence-electron chi connectivity index (χ1n) is 6.35. The Kier molecular flexibility index (Phi) is 3.82. The third-order valence-electron chi connectivity index (χ3n) is 3.93. The number of amides is 1. The molecule has 0 bridgehead atoms. The van der Waals surface area contributed by atoms with Crippen LogP contribution in [0, 0.1) is 0 Å². The normalized spacial score (nSPS) is 32.4. The lowest BCUT2D eigenvalue weighted by Crippen LogP contribution is -2.49. The van der Waals surface area contributed by atoms with Gasteiger partial charge in [0.25, 0.3) is 0 Å². The molecule has 4 nitrogen and oxygen atoms in total. The number of carbonyl (C=O) groups is 1. The molecule has 2 fully saturated rings. The number of piperidine rings is 1. The second-order valence-electron chi connectivity index (χ2n) is 4.96. The zero-order valence-corrected chi connectivity index (χ0v) is 10.1. The summed E-state index contributed by atoms with van der Waals surface area (Å²) in [6.07, 6.45) is 5.33. The molecule has 1 N–H and O–H groups in total. The molecule has 2 unspecified atom stereocenters. The van der Waals surface area contributed by atoms with E-state index in [9.17, 15) is 4.79 Å². The smallest absolute Gasteiger partial charge is 0.239 e. The van der Waals surface area contributed by atoms with E-state index >= 15 is 0 Å². The zero-order valence-electron chi connectivity index (χ0n) is 10.1. The summed E-state index contributed by atoms with van der Waals surface area (Å²) in [5.41, 5.74) is 0. The van der Waals surface area contributed by atoms with Crippen LogP contribution in [0.25, 0.3) is 0 Å². The average molecular weight is 226 g/mol. The van der Waals surface area contributed by atoms with Crippen molar-refractivity contribution in [3.05, 3.63) is 0 Å². The van der Waals surface area contributed by atoms with Crippen LogP contribution < -0.4 is 0 Å². The molecule has 0 saturated carbocycles. The summed E-state index contributed by atoms with van der Waals surface area (Å²) in [6, 6.07) is 0.501. The molecule has 0 aromatic carbocycles. The Bertz CT molecular complexity index is 255. The van der Waals surface area contributed by atoms with Crippen molar-refractivity contribution in [3.63, 3.8) is 0 Å². The Morgan fingerprint density at radius 2 is 2.12 bits per heavy atom. The predicted molar refractivity (Wildman–Crippen MR) is 62.1 cm³/mol. The number of hydrogen-bond donors (Lipinski definition) is 1. The Balaban J connectivity index is 2.02. The predicted octanol–water partition coefficient (Wildman–Crippen LogP) is 0.454. The van der Waals surface area contributed by atoms with E-state index in [2.05, 4.69) is 4.90 Å². The molecule has 4 heteroatoms. The lowest BCUT2D eigenvalue weighted by atomic mass is 9.97. The van der Waals surface area contributed by atoms with Crippen molar-refractivity contribution in [1.82, 2.24) is 9.80 Å². The molecule has 2 atom stereocenters. The summed E-state index contributed by atoms with van der Waals surface area (Å²) in [6.45, 7) is 2.14. The first-order chi connectivity index (χ1) is 7.74. The summed E-state index contributed by atoms with van der Waals surface area (Å²) in [7, 11) is 1.88. The molecule has 0 spiro atoms. The fraction of sp³-hybridized carbons (Fsp3) is 0.917. The summed E-state index contributed by atoms with van der Waals surface area (Å²) in [5, 5.41) is 9.07. The number of aliphatic hydroxyl groups is 1. The third kappa shape index (κ3) is 2.23. The summed E-state index contributed by atoms with van der Waals surface area (Å²) in [4.78, 5) is 16.1. The van der Waals surface area contributed by atoms with Crippen molar-refractivity contribution in [1.29, 1.82) is 0 Å². The largest absolute Gasteiger partial charge is 0.396 e. The van der Waals surface area contributed by atoms with E-state index in [-0.39, 0.29) is 18.6 Å². The molecule has 0 aliphatic carbocycles. The van der Waals surface area contributed by atoms with Gasteiger partial charge in [0.1, 0.15) is 0 Å². The number of nitrogens with zero attached hydrogens (tertiary/aromatic N) is 2. The van der Waals surface area contributed by atoms with Gasteiger partial charge in [-0.1, -0.05) is 6.42 Å². The van der Waals surface area contributed by atoms with E-state index in [0.717, 1.165) is 32.4 Å². The Morgan fingerprint density at radius 3 is 2.75 bits per heavy atom. The average Bonchev–Trinajstić information content (AvgIpc) is 2.61. The summed E-state index contributed by atoms with van der Waals surface area (Å²) >= 11 is 0. The highest BCUT2D eigenvalue weighted by atomic mass is 16.3. The Hall–Kier alpha value is -0.610. The third-order valence-corrected chi connectivity index (χ3v) is 3.93. The van der Waals surface area contributed by atoms with Crippen LogP contribution in [0.5, 0.6) is 0 Å². The van der Waals surface area contributed by atoms with Gasteiger partial charge in [0.2, 0.25) is 5.91 Å². The summed E-state index contributed by atoms with van der Waals surface area (Å²) < 4.78 is 0. The molecule has 2 aliphatic heterocycles. The SMILES string of the molecule is CN1CCC(N2CCCCC2CCO)C1=O. The zero-order chi connectivity index (χ0) is 11.5. The van der Waals surface area contributed by atoms with Crippen LogP contribution in [0.4, 0.5) is 0 Å². The maximum Gasteiger partial charge on any atom is 0.239 e. The van der Waals surface area contributed by atoms with Gasteiger partial charge in [-0.05, 0) is 32.2 Å². The van der Waals surface area contributed by atoms with Crippen LogP contribution in [0.3, 0.4) is 0 Å². The Labute approximate surface area is 97.2 Å². The second-order valence-corrected chi connectivity index (χ2v) is 4.96. The minimum absolute atomic E-state index is 0.0850. The molecule has 1 amide bonds. The van der Waals surface area contributed by atoms with Gasteiger partial charge in [0.05, 0.1) is 6.04 Å². The molecule has 0 radical (unpaired) electrons. The maximum atomic E-state index is 12.0. The van der Waals surface area contributed by atoms with Gasteiger partial charge in [-0.3, -0.25) is 9.69 Å². The van der Waals surface area contributed by atoms with E-state index in [1.54, 1.807) is 0 Å². The van der Waals surface area contributed by atoms with Crippen LogP contribution in [-0.2, 0) is 4.79 Å². The maximum absolute atomic E-state index is 12.0. The first kappa shape index (κ1) is 11.9. The van der Waals surface area contributed by atoms with Crippen molar-refractivity contribution in [2.75, 3.05) is 26.7 Å². The number of aliphatic hydroxyl groups excluding tert-OH is 1. The van der Waals surface area contributed by atoms with Gasteiger partial charge >= 0.3 is 0 Å². The molecule has 92 valence electrons. The van der Waals surface area contributed by atoms with Crippen LogP contribution in [0.15, 0.2) is 0 Å². The van der Waals surface area contributed by atoms with E-state index in [4.69, 9.17) is 5.11 Å². The minimum Gasteiger partial charge on any atom is -0.396 e. The lowest BCUT2D eigenvalue weighted by molar-refractivity contribution is -0.132. The van der Waals surface area contributed by atoms with Gasteiger partial charge < -0.3 is 10.0 Å². The van der Waals surface area contributed by atoms with E-state index < -0.39 is 0 Å². The number of carbonyl (C=O) groups excluding carboxylic acids is 1. The molecule has 0 aromatic rings. The van der Waals surface area contributed by atoms with E-state index in [1.165, 1.54) is 12.8 Å². The fourth-order valence-corrected chi connectivity index (χ4v) is 3.00. The summed E-state index contributed by atoms with van der Waals surface area (Å²) in [5.74, 6) is 0.268. The minimum atomic E-state index is 0.0850. The topological polar surface area (TPSA) is 43.8 Å². The monoisotopic (exact) mass is 226 g/mol. The van der Waals surface area contributed by atoms with Gasteiger partial charge in [0, 0.05) is 26.2 Å². The molecule has 16 heavy (non-hydrogen) atoms. The number of likely N-dealkylation sites (N-methyl/N-ethyl adjacent to an activating group) is 1. The van der Waals surface area contributed by atoms with Gasteiger partial charge in [-0.25, -0.2) is 0 Å². The van der Waals surface area contributed by atoms with Gasteiger partial charge in [-0.15, -0.1) is 0 Å². The number of hydrogen-bond acceptors (Lipinski definition) is 3. The van der Waals surface area contributed by atoms with Crippen molar-refractivity contribution in [2.45, 2.75) is 44.2 Å². The standard InChI is InChI=1S/C12H22N2O2/c1-13-8-5-11(12(13)16)14-7-3-2-4-10(14)6-9-15/h10-11,15H,2-9H2,1H3. The van der Waals surface area contributed by atoms with Gasteiger partial charge in [0.15, 0.2) is 0 Å². The van der Waals surface area contributed by atoms with Crippen LogP contribution >= 0.6 is 0 Å². The quantitative estimate of drug-likeness (QED) is 0.760. The van der Waals surface area contributed by atoms with E-state index in [1.807, 2.05) is 11.9 Å². The number of rotatable bonds is 3. The van der Waals surface area contributed by atoms with Crippen LogP contribution in [0.1, 0.15) is 32.1 Å². The highest BCUT2D eigenvalue weighted by Gasteiger charge is 2.37. The fourth-order valence-electron chi connectivity index (χ4n) is 3.00. The molecular formula is C12H22N2O2.